The molecule has 0 amide bonds. The number of cyclic esters (lactones) is 1. The van der Waals surface area contributed by atoms with Gasteiger partial charge >= 0.3 is 5.97 Å². The molecule has 0 spiro atoms. The summed E-state index contributed by atoms with van der Waals surface area (Å²) in [5, 5.41) is 0. The molecular weight excluding hydrogens is 236 g/mol. The van der Waals surface area contributed by atoms with Gasteiger partial charge in [0.15, 0.2) is 0 Å². The number of carbonyl (C=O) groups excluding carboxylic acids is 1. The number of hydrogen-bond donors (Lipinski definition) is 0. The number of benzene rings is 1. The Morgan fingerprint density at radius 1 is 1.21 bits per heavy atom. The van der Waals surface area contributed by atoms with Crippen molar-refractivity contribution in [2.45, 2.75) is 39.2 Å². The highest BCUT2D eigenvalue weighted by Gasteiger charge is 2.29. The molecule has 98 valence electrons. The molecule has 2 heteroatoms. The van der Waals surface area contributed by atoms with E-state index in [9.17, 15) is 4.79 Å². The fourth-order valence-electron chi connectivity index (χ4n) is 2.06. The number of ether oxygens (including phenoxy) is 1. The van der Waals surface area contributed by atoms with Crippen LogP contribution in [0.25, 0.3) is 0 Å². The highest BCUT2D eigenvalue weighted by atomic mass is 16.5. The Kier molecular flexibility index (Phi) is 4.41. The van der Waals surface area contributed by atoms with E-state index >= 15 is 0 Å². The fourth-order valence-corrected chi connectivity index (χ4v) is 2.06. The van der Waals surface area contributed by atoms with Crippen LogP contribution in [0.2, 0.25) is 0 Å². The summed E-state index contributed by atoms with van der Waals surface area (Å²) >= 11 is 0. The monoisotopic (exact) mass is 254 g/mol. The van der Waals surface area contributed by atoms with E-state index in [0.717, 1.165) is 30.4 Å². The van der Waals surface area contributed by atoms with Crippen molar-refractivity contribution in [1.82, 2.24) is 0 Å². The highest BCUT2D eigenvalue weighted by molar-refractivity contribution is 5.93. The molecule has 0 aromatic heterocycles. The van der Waals surface area contributed by atoms with Crippen LogP contribution in [0.3, 0.4) is 0 Å². The Morgan fingerprint density at radius 3 is 2.63 bits per heavy atom. The van der Waals surface area contributed by atoms with Gasteiger partial charge in [0.05, 0.1) is 5.57 Å². The first-order chi connectivity index (χ1) is 9.22. The fraction of sp³-hybridized carbons (Fsp3) is 0.353. The molecule has 1 unspecified atom stereocenters. The molecule has 0 fully saturated rings. The molecule has 1 aliphatic heterocycles. The van der Waals surface area contributed by atoms with Crippen molar-refractivity contribution in [2.24, 2.45) is 0 Å². The molecule has 0 saturated heterocycles. The topological polar surface area (TPSA) is 26.3 Å². The second-order valence-corrected chi connectivity index (χ2v) is 4.69. The third-order valence-corrected chi connectivity index (χ3v) is 3.22. The SMILES string of the molecule is CCCCC1OC(=O)C(C)=C1C#Cc1ccccc1. The highest BCUT2D eigenvalue weighted by Crippen LogP contribution is 2.25. The van der Waals surface area contributed by atoms with Crippen molar-refractivity contribution in [3.05, 3.63) is 47.0 Å². The van der Waals surface area contributed by atoms with Gasteiger partial charge in [-0.25, -0.2) is 4.79 Å². The zero-order valence-electron chi connectivity index (χ0n) is 11.4. The van der Waals surface area contributed by atoms with Crippen LogP contribution in [-0.2, 0) is 9.53 Å². The molecular formula is C17H18O2. The number of esters is 1. The van der Waals surface area contributed by atoms with Crippen molar-refractivity contribution in [1.29, 1.82) is 0 Å². The summed E-state index contributed by atoms with van der Waals surface area (Å²) < 4.78 is 5.36. The number of hydrogen-bond acceptors (Lipinski definition) is 2. The Labute approximate surface area is 114 Å². The lowest BCUT2D eigenvalue weighted by atomic mass is 10.0. The van der Waals surface area contributed by atoms with Gasteiger partial charge < -0.3 is 4.74 Å². The molecule has 19 heavy (non-hydrogen) atoms. The van der Waals surface area contributed by atoms with E-state index in [1.807, 2.05) is 30.3 Å². The van der Waals surface area contributed by atoms with Crippen molar-refractivity contribution in [2.75, 3.05) is 0 Å². The van der Waals surface area contributed by atoms with Crippen LogP contribution in [0.4, 0.5) is 0 Å². The van der Waals surface area contributed by atoms with Crippen LogP contribution in [0.5, 0.6) is 0 Å². The largest absolute Gasteiger partial charge is 0.453 e. The van der Waals surface area contributed by atoms with E-state index in [1.54, 1.807) is 6.92 Å². The maximum absolute atomic E-state index is 11.6. The minimum absolute atomic E-state index is 0.149. The van der Waals surface area contributed by atoms with Gasteiger partial charge in [0.25, 0.3) is 0 Å². The molecule has 1 aromatic rings. The van der Waals surface area contributed by atoms with Crippen molar-refractivity contribution >= 4 is 5.97 Å². The maximum atomic E-state index is 11.6. The van der Waals surface area contributed by atoms with Crippen LogP contribution in [0.1, 0.15) is 38.7 Å². The van der Waals surface area contributed by atoms with Gasteiger partial charge in [-0.3, -0.25) is 0 Å². The van der Waals surface area contributed by atoms with Gasteiger partial charge in [-0.1, -0.05) is 43.4 Å². The van der Waals surface area contributed by atoms with E-state index < -0.39 is 0 Å². The lowest BCUT2D eigenvalue weighted by Gasteiger charge is -2.09. The van der Waals surface area contributed by atoms with Gasteiger partial charge in [0.2, 0.25) is 0 Å². The van der Waals surface area contributed by atoms with Gasteiger partial charge in [-0.15, -0.1) is 0 Å². The lowest BCUT2D eigenvalue weighted by molar-refractivity contribution is -0.139. The Bertz CT molecular complexity index is 544. The number of rotatable bonds is 3. The van der Waals surface area contributed by atoms with Gasteiger partial charge in [0, 0.05) is 11.1 Å². The minimum atomic E-state index is -0.224. The minimum Gasteiger partial charge on any atom is -0.453 e. The van der Waals surface area contributed by atoms with Crippen molar-refractivity contribution < 1.29 is 9.53 Å². The van der Waals surface area contributed by atoms with Gasteiger partial charge in [-0.2, -0.15) is 0 Å². The standard InChI is InChI=1S/C17H18O2/c1-3-4-10-16-15(13(2)17(18)19-16)12-11-14-8-6-5-7-9-14/h5-9,16H,3-4,10H2,1-2H3. The lowest BCUT2D eigenvalue weighted by Crippen LogP contribution is -2.10. The van der Waals surface area contributed by atoms with Crippen LogP contribution < -0.4 is 0 Å². The Balaban J connectivity index is 2.20. The third-order valence-electron chi connectivity index (χ3n) is 3.22. The molecule has 0 bridgehead atoms. The zero-order chi connectivity index (χ0) is 13.7. The number of carbonyl (C=O) groups is 1. The molecule has 1 aliphatic rings. The van der Waals surface area contributed by atoms with Crippen LogP contribution >= 0.6 is 0 Å². The summed E-state index contributed by atoms with van der Waals surface area (Å²) in [7, 11) is 0. The molecule has 0 radical (unpaired) electrons. The predicted molar refractivity (Wildman–Crippen MR) is 75.4 cm³/mol. The van der Waals surface area contributed by atoms with Crippen LogP contribution in [0.15, 0.2) is 41.5 Å². The Hall–Kier alpha value is -2.01. The van der Waals surface area contributed by atoms with E-state index in [0.29, 0.717) is 5.57 Å². The molecule has 2 nitrogen and oxygen atoms in total. The zero-order valence-corrected chi connectivity index (χ0v) is 11.4. The molecule has 1 atom stereocenters. The first-order valence-electron chi connectivity index (χ1n) is 6.71. The summed E-state index contributed by atoms with van der Waals surface area (Å²) in [6.45, 7) is 3.92. The smallest absolute Gasteiger partial charge is 0.335 e. The predicted octanol–water partition coefficient (Wildman–Crippen LogP) is 3.47. The van der Waals surface area contributed by atoms with E-state index in [-0.39, 0.29) is 12.1 Å². The molecule has 1 heterocycles. The van der Waals surface area contributed by atoms with Gasteiger partial charge in [0.1, 0.15) is 6.10 Å². The third kappa shape index (κ3) is 3.26. The summed E-state index contributed by atoms with van der Waals surface area (Å²) in [6, 6.07) is 9.79. The van der Waals surface area contributed by atoms with Crippen LogP contribution in [0, 0.1) is 11.8 Å². The van der Waals surface area contributed by atoms with E-state index in [1.165, 1.54) is 0 Å². The quantitative estimate of drug-likeness (QED) is 0.610. The van der Waals surface area contributed by atoms with Crippen LogP contribution in [-0.4, -0.2) is 12.1 Å². The molecule has 1 aromatic carbocycles. The first-order valence-corrected chi connectivity index (χ1v) is 6.71. The molecule has 0 saturated carbocycles. The van der Waals surface area contributed by atoms with Crippen molar-refractivity contribution in [3.8, 4) is 11.8 Å². The number of unbranched alkanes of at least 4 members (excludes halogenated alkanes) is 1. The normalized spacial score (nSPS) is 18.0. The van der Waals surface area contributed by atoms with Crippen molar-refractivity contribution in [3.63, 3.8) is 0 Å². The molecule has 0 N–H and O–H groups in total. The molecule has 2 rings (SSSR count). The van der Waals surface area contributed by atoms with Gasteiger partial charge in [-0.05, 0) is 31.9 Å². The van der Waals surface area contributed by atoms with E-state index in [4.69, 9.17) is 4.74 Å². The second kappa shape index (κ2) is 6.24. The average Bonchev–Trinajstić information content (AvgIpc) is 2.71. The van der Waals surface area contributed by atoms with E-state index in [2.05, 4.69) is 18.8 Å². The maximum Gasteiger partial charge on any atom is 0.335 e. The summed E-state index contributed by atoms with van der Waals surface area (Å²) in [6.07, 6.45) is 2.84. The summed E-state index contributed by atoms with van der Waals surface area (Å²) in [5.74, 6) is 6.00. The summed E-state index contributed by atoms with van der Waals surface area (Å²) in [5.41, 5.74) is 2.46. The second-order valence-electron chi connectivity index (χ2n) is 4.69. The average molecular weight is 254 g/mol. The summed E-state index contributed by atoms with van der Waals surface area (Å²) in [4.78, 5) is 11.6. The first kappa shape index (κ1) is 13.4. The Morgan fingerprint density at radius 2 is 1.95 bits per heavy atom. The molecule has 0 aliphatic carbocycles.